The van der Waals surface area contributed by atoms with E-state index >= 15 is 0 Å². The minimum Gasteiger partial charge on any atom is -0.463 e. The van der Waals surface area contributed by atoms with Gasteiger partial charge in [0, 0.05) is 19.6 Å². The van der Waals surface area contributed by atoms with Crippen LogP contribution in [0, 0.1) is 5.92 Å². The summed E-state index contributed by atoms with van der Waals surface area (Å²) in [6.45, 7) is 7.39. The quantitative estimate of drug-likeness (QED) is 0.661. The average Bonchev–Trinajstić information content (AvgIpc) is 2.35. The summed E-state index contributed by atoms with van der Waals surface area (Å²) in [4.78, 5) is 23.2. The molecule has 6 heteroatoms. The highest BCUT2D eigenvalue weighted by Crippen LogP contribution is 2.01. The molecule has 1 aliphatic rings. The summed E-state index contributed by atoms with van der Waals surface area (Å²) < 4.78 is 10.4. The van der Waals surface area contributed by atoms with Gasteiger partial charge in [-0.25, -0.2) is 0 Å². The second kappa shape index (κ2) is 7.33. The van der Waals surface area contributed by atoms with Crippen LogP contribution in [0.3, 0.4) is 0 Å². The number of carbonyl (C=O) groups is 2. The zero-order chi connectivity index (χ0) is 13.5. The predicted octanol–water partition coefficient (Wildman–Crippen LogP) is -0.321. The van der Waals surface area contributed by atoms with Gasteiger partial charge < -0.3 is 20.1 Å². The van der Waals surface area contributed by atoms with E-state index in [1.54, 1.807) is 20.8 Å². The number of ether oxygens (including phenoxy) is 2. The maximum Gasteiger partial charge on any atom is 0.310 e. The lowest BCUT2D eigenvalue weighted by atomic mass is 10.2. The highest BCUT2D eigenvalue weighted by molar-refractivity contribution is 5.82. The molecule has 104 valence electrons. The molecule has 2 atom stereocenters. The molecule has 0 aromatic rings. The van der Waals surface area contributed by atoms with Crippen molar-refractivity contribution < 1.29 is 19.1 Å². The van der Waals surface area contributed by atoms with E-state index in [0.717, 1.165) is 6.54 Å². The minimum absolute atomic E-state index is 0.137. The molecule has 0 radical (unpaired) electrons. The van der Waals surface area contributed by atoms with Crippen LogP contribution in [0.1, 0.15) is 20.8 Å². The number of hydrogen-bond acceptors (Lipinski definition) is 5. The number of nitrogens with one attached hydrogen (secondary N) is 2. The molecule has 0 aromatic heterocycles. The molecule has 1 fully saturated rings. The second-order valence-electron chi connectivity index (χ2n) is 4.70. The SMILES string of the molecule is CC(C)OC(=O)C(C)CNC(=O)C1CNCCO1. The van der Waals surface area contributed by atoms with Crippen molar-refractivity contribution in [3.63, 3.8) is 0 Å². The molecule has 1 aliphatic heterocycles. The van der Waals surface area contributed by atoms with Crippen molar-refractivity contribution >= 4 is 11.9 Å². The first kappa shape index (κ1) is 14.9. The maximum atomic E-state index is 11.7. The lowest BCUT2D eigenvalue weighted by Gasteiger charge is -2.23. The number of amides is 1. The van der Waals surface area contributed by atoms with E-state index < -0.39 is 6.10 Å². The van der Waals surface area contributed by atoms with E-state index in [4.69, 9.17) is 9.47 Å². The summed E-state index contributed by atoms with van der Waals surface area (Å²) in [5.41, 5.74) is 0. The third-order valence-electron chi connectivity index (χ3n) is 2.56. The van der Waals surface area contributed by atoms with E-state index in [-0.39, 0.29) is 30.4 Å². The van der Waals surface area contributed by atoms with Gasteiger partial charge in [-0.2, -0.15) is 0 Å². The Hall–Kier alpha value is -1.14. The van der Waals surface area contributed by atoms with Crippen LogP contribution in [0.15, 0.2) is 0 Å². The molecule has 18 heavy (non-hydrogen) atoms. The summed E-state index contributed by atoms with van der Waals surface area (Å²) in [7, 11) is 0. The molecule has 6 nitrogen and oxygen atoms in total. The van der Waals surface area contributed by atoms with Crippen LogP contribution in [-0.4, -0.2) is 50.3 Å². The summed E-state index contributed by atoms with van der Waals surface area (Å²) in [6, 6.07) is 0. The Morgan fingerprint density at radius 3 is 2.72 bits per heavy atom. The van der Waals surface area contributed by atoms with E-state index in [1.165, 1.54) is 0 Å². The predicted molar refractivity (Wildman–Crippen MR) is 66.0 cm³/mol. The smallest absolute Gasteiger partial charge is 0.310 e. The largest absolute Gasteiger partial charge is 0.463 e. The van der Waals surface area contributed by atoms with Gasteiger partial charge in [-0.05, 0) is 13.8 Å². The molecule has 2 unspecified atom stereocenters. The molecule has 1 rings (SSSR count). The van der Waals surface area contributed by atoms with Crippen LogP contribution < -0.4 is 10.6 Å². The first-order chi connectivity index (χ1) is 8.50. The first-order valence-electron chi connectivity index (χ1n) is 6.31. The van der Waals surface area contributed by atoms with Crippen molar-refractivity contribution in [3.05, 3.63) is 0 Å². The number of rotatable bonds is 5. The third kappa shape index (κ3) is 5.01. The molecule has 1 amide bonds. The lowest BCUT2D eigenvalue weighted by molar-refractivity contribution is -0.151. The van der Waals surface area contributed by atoms with Crippen LogP contribution >= 0.6 is 0 Å². The molecular formula is C12H22N2O4. The van der Waals surface area contributed by atoms with E-state index in [9.17, 15) is 9.59 Å². The van der Waals surface area contributed by atoms with Crippen molar-refractivity contribution in [1.82, 2.24) is 10.6 Å². The number of carbonyl (C=O) groups excluding carboxylic acids is 2. The van der Waals surface area contributed by atoms with E-state index in [0.29, 0.717) is 13.2 Å². The summed E-state index contributed by atoms with van der Waals surface area (Å²) in [5, 5.41) is 5.78. The molecule has 0 aromatic carbocycles. The minimum atomic E-state index is -0.466. The number of esters is 1. The van der Waals surface area contributed by atoms with Crippen LogP contribution in [0.5, 0.6) is 0 Å². The Bertz CT molecular complexity index is 288. The molecule has 0 aliphatic carbocycles. The molecule has 1 saturated heterocycles. The van der Waals surface area contributed by atoms with Crippen molar-refractivity contribution in [3.8, 4) is 0 Å². The van der Waals surface area contributed by atoms with Crippen LogP contribution in [0.4, 0.5) is 0 Å². The van der Waals surface area contributed by atoms with Crippen molar-refractivity contribution in [1.29, 1.82) is 0 Å². The molecule has 0 bridgehead atoms. The highest BCUT2D eigenvalue weighted by atomic mass is 16.5. The van der Waals surface area contributed by atoms with Gasteiger partial charge in [0.15, 0.2) is 0 Å². The topological polar surface area (TPSA) is 76.7 Å². The normalized spacial score (nSPS) is 21.4. The average molecular weight is 258 g/mol. The van der Waals surface area contributed by atoms with Gasteiger partial charge in [0.25, 0.3) is 0 Å². The Morgan fingerprint density at radius 1 is 1.44 bits per heavy atom. The fourth-order valence-corrected chi connectivity index (χ4v) is 1.53. The van der Waals surface area contributed by atoms with Gasteiger partial charge in [-0.3, -0.25) is 9.59 Å². The van der Waals surface area contributed by atoms with E-state index in [2.05, 4.69) is 10.6 Å². The maximum absolute atomic E-state index is 11.7. The molecule has 0 spiro atoms. The molecule has 2 N–H and O–H groups in total. The van der Waals surface area contributed by atoms with Crippen LogP contribution in [0.2, 0.25) is 0 Å². The van der Waals surface area contributed by atoms with E-state index in [1.807, 2.05) is 0 Å². The van der Waals surface area contributed by atoms with Gasteiger partial charge in [0.2, 0.25) is 5.91 Å². The fraction of sp³-hybridized carbons (Fsp3) is 0.833. The Labute approximate surface area is 107 Å². The molecular weight excluding hydrogens is 236 g/mol. The Balaban J connectivity index is 2.26. The summed E-state index contributed by atoms with van der Waals surface area (Å²) >= 11 is 0. The second-order valence-corrected chi connectivity index (χ2v) is 4.70. The lowest BCUT2D eigenvalue weighted by Crippen LogP contribution is -2.49. The van der Waals surface area contributed by atoms with Gasteiger partial charge in [-0.15, -0.1) is 0 Å². The van der Waals surface area contributed by atoms with Gasteiger partial charge in [-0.1, -0.05) is 6.92 Å². The zero-order valence-corrected chi connectivity index (χ0v) is 11.2. The Morgan fingerprint density at radius 2 is 2.17 bits per heavy atom. The van der Waals surface area contributed by atoms with Gasteiger partial charge in [0.05, 0.1) is 18.6 Å². The molecule has 1 heterocycles. The summed E-state index contributed by atoms with van der Waals surface area (Å²) in [6.07, 6.45) is -0.603. The fourth-order valence-electron chi connectivity index (χ4n) is 1.53. The number of hydrogen-bond donors (Lipinski definition) is 2. The standard InChI is InChI=1S/C12H22N2O4/c1-8(2)18-12(16)9(3)6-14-11(15)10-7-13-4-5-17-10/h8-10,13H,4-7H2,1-3H3,(H,14,15). The van der Waals surface area contributed by atoms with Crippen LogP contribution in [0.25, 0.3) is 0 Å². The monoisotopic (exact) mass is 258 g/mol. The van der Waals surface area contributed by atoms with Gasteiger partial charge in [0.1, 0.15) is 6.10 Å². The van der Waals surface area contributed by atoms with Crippen LogP contribution in [-0.2, 0) is 19.1 Å². The van der Waals surface area contributed by atoms with Gasteiger partial charge >= 0.3 is 5.97 Å². The van der Waals surface area contributed by atoms with Crippen molar-refractivity contribution in [2.45, 2.75) is 33.0 Å². The molecule has 0 saturated carbocycles. The summed E-state index contributed by atoms with van der Waals surface area (Å²) in [5.74, 6) is -0.840. The third-order valence-corrected chi connectivity index (χ3v) is 2.56. The highest BCUT2D eigenvalue weighted by Gasteiger charge is 2.23. The van der Waals surface area contributed by atoms with Crippen molar-refractivity contribution in [2.75, 3.05) is 26.2 Å². The Kier molecular flexibility index (Phi) is 6.07. The number of morpholine rings is 1. The zero-order valence-electron chi connectivity index (χ0n) is 11.2. The van der Waals surface area contributed by atoms with Crippen molar-refractivity contribution in [2.24, 2.45) is 5.92 Å². The first-order valence-corrected chi connectivity index (χ1v) is 6.31.